The lowest BCUT2D eigenvalue weighted by Crippen LogP contribution is -1.57. The van der Waals surface area contributed by atoms with Crippen molar-refractivity contribution < 1.29 is 10.2 Å². The van der Waals surface area contributed by atoms with Gasteiger partial charge in [-0.25, -0.2) is 0 Å². The fraction of sp³-hybridized carbons (Fsp3) is 1.00. The van der Waals surface area contributed by atoms with E-state index in [4.69, 9.17) is 10.2 Å². The van der Waals surface area contributed by atoms with Crippen molar-refractivity contribution in [2.75, 3.05) is 13.2 Å². The Bertz CT molecular complexity index is 12.4. The van der Waals surface area contributed by atoms with Gasteiger partial charge in [0.05, 0.1) is 0 Å². The Kier molecular flexibility index (Phi) is 102. The molecule has 0 spiro atoms. The molecule has 0 aromatic heterocycles. The molecule has 0 aromatic rings. The molecule has 0 atom stereocenters. The first-order chi connectivity index (χ1) is 3.83. The second-order valence-electron chi connectivity index (χ2n) is 0.632. The zero-order valence-electron chi connectivity index (χ0n) is 5.89. The molecular weight excluding hydrogens is 119 g/mol. The zero-order chi connectivity index (χ0) is 7.41. The summed E-state index contributed by atoms with van der Waals surface area (Å²) in [6.45, 7) is 3.86. The summed E-state index contributed by atoms with van der Waals surface area (Å²) in [5, 5.41) is 15.1. The molecule has 2 nitrogen and oxygen atoms in total. The van der Waals surface area contributed by atoms with Gasteiger partial charge < -0.3 is 10.2 Å². The van der Waals surface area contributed by atoms with Crippen LogP contribution in [0.2, 0.25) is 5.79 Å². The summed E-state index contributed by atoms with van der Waals surface area (Å²) in [7, 11) is 0. The number of aliphatic hydroxyl groups is 2. The molecule has 0 aliphatic rings. The predicted molar refractivity (Wildman–Crippen MR) is 37.1 cm³/mol. The standard InChI is InChI=1S/2C2H6O.CH3.Al/c2*1-2-3;;/h2*3H,2H2,1H3;1H3;. The van der Waals surface area contributed by atoms with Crippen LogP contribution in [0.15, 0.2) is 0 Å². The molecule has 0 heterocycles. The lowest BCUT2D eigenvalue weighted by molar-refractivity contribution is 0.318. The minimum atomic E-state index is 0.250. The fourth-order valence-electron chi connectivity index (χ4n) is 0. The van der Waals surface area contributed by atoms with Gasteiger partial charge in [-0.1, -0.05) is 0 Å². The van der Waals surface area contributed by atoms with Gasteiger partial charge in [0, 0.05) is 13.2 Å². The van der Waals surface area contributed by atoms with E-state index in [0.717, 1.165) is 0 Å². The van der Waals surface area contributed by atoms with E-state index in [9.17, 15) is 0 Å². The Morgan fingerprint density at radius 2 is 1.00 bits per heavy atom. The van der Waals surface area contributed by atoms with Crippen molar-refractivity contribution in [3.8, 4) is 0 Å². The molecule has 0 saturated carbocycles. The quantitative estimate of drug-likeness (QED) is 0.465. The molecule has 2 radical (unpaired) electrons. The van der Waals surface area contributed by atoms with E-state index >= 15 is 0 Å². The third-order valence-corrected chi connectivity index (χ3v) is 0. The van der Waals surface area contributed by atoms with E-state index in [1.807, 2.05) is 5.79 Å². The molecule has 3 heteroatoms. The Balaban J connectivity index is -0.0000000483. The Labute approximate surface area is 60.0 Å². The molecule has 0 rings (SSSR count). The van der Waals surface area contributed by atoms with Crippen LogP contribution >= 0.6 is 0 Å². The molecule has 0 aliphatic heterocycles. The molecule has 2 N–H and O–H groups in total. The smallest absolute Gasteiger partial charge is 0.112 e. The third-order valence-electron chi connectivity index (χ3n) is 0. The maximum Gasteiger partial charge on any atom is 0.112 e. The van der Waals surface area contributed by atoms with E-state index in [1.54, 1.807) is 13.8 Å². The van der Waals surface area contributed by atoms with Gasteiger partial charge in [0.1, 0.15) is 16.3 Å². The average molecular weight is 134 g/mol. The van der Waals surface area contributed by atoms with E-state index < -0.39 is 0 Å². The minimum absolute atomic E-state index is 0.250. The lowest BCUT2D eigenvalue weighted by atomic mass is 10.9. The third kappa shape index (κ3) is 937. The average Bonchev–Trinajstić information content (AvgIpc) is 1.75. The molecule has 0 amide bonds. The van der Waals surface area contributed by atoms with Gasteiger partial charge >= 0.3 is 0 Å². The van der Waals surface area contributed by atoms with Crippen molar-refractivity contribution in [3.63, 3.8) is 0 Å². The van der Waals surface area contributed by atoms with Gasteiger partial charge in [-0.05, 0) is 13.8 Å². The van der Waals surface area contributed by atoms with E-state index in [-0.39, 0.29) is 13.2 Å². The molecule has 0 bridgehead atoms. The first-order valence-corrected chi connectivity index (χ1v) is 3.78. The van der Waals surface area contributed by atoms with Gasteiger partial charge in [0.25, 0.3) is 0 Å². The normalized spacial score (nSPS) is 5.12. The fourth-order valence-corrected chi connectivity index (χ4v) is 0. The van der Waals surface area contributed by atoms with Crippen LogP contribution in [0.4, 0.5) is 0 Å². The van der Waals surface area contributed by atoms with Crippen LogP contribution < -0.4 is 0 Å². The maximum atomic E-state index is 7.57. The van der Waals surface area contributed by atoms with Crippen LogP contribution in [-0.2, 0) is 0 Å². The number of hydrogen-bond donors (Lipinski definition) is 2. The summed E-state index contributed by atoms with van der Waals surface area (Å²) in [5.41, 5.74) is 0. The largest absolute Gasteiger partial charge is 0.397 e. The van der Waals surface area contributed by atoms with Crippen molar-refractivity contribution >= 4 is 16.3 Å². The Hall–Kier alpha value is 0.452. The van der Waals surface area contributed by atoms with Gasteiger partial charge in [-0.15, -0.1) is 5.79 Å². The summed E-state index contributed by atoms with van der Waals surface area (Å²) in [6, 6.07) is 0. The maximum absolute atomic E-state index is 7.57. The van der Waals surface area contributed by atoms with Crippen LogP contribution in [0, 0.1) is 0 Å². The summed E-state index contributed by atoms with van der Waals surface area (Å²) in [4.78, 5) is 0. The minimum Gasteiger partial charge on any atom is -0.397 e. The molecule has 0 aromatic carbocycles. The summed E-state index contributed by atoms with van der Waals surface area (Å²) >= 11 is 2.42. The predicted octanol–water partition coefficient (Wildman–Crippen LogP) is 0.200. The van der Waals surface area contributed by atoms with Crippen molar-refractivity contribution in [3.05, 3.63) is 0 Å². The van der Waals surface area contributed by atoms with Crippen molar-refractivity contribution in [1.29, 1.82) is 0 Å². The molecule has 8 heavy (non-hydrogen) atoms. The molecule has 0 unspecified atom stereocenters. The molecule has 0 aliphatic carbocycles. The van der Waals surface area contributed by atoms with E-state index in [1.165, 1.54) is 0 Å². The molecular formula is C5H15AlO2. The number of aliphatic hydroxyl groups excluding tert-OH is 2. The van der Waals surface area contributed by atoms with Crippen molar-refractivity contribution in [1.82, 2.24) is 0 Å². The number of hydrogen-bond acceptors (Lipinski definition) is 2. The molecule has 50 valence electrons. The lowest BCUT2D eigenvalue weighted by Gasteiger charge is -1.52. The summed E-state index contributed by atoms with van der Waals surface area (Å²) in [6.07, 6.45) is 0. The highest BCUT2D eigenvalue weighted by Gasteiger charge is 1.34. The highest BCUT2D eigenvalue weighted by molar-refractivity contribution is 6.05. The number of rotatable bonds is 0. The second kappa shape index (κ2) is 51.6. The van der Waals surface area contributed by atoms with Crippen molar-refractivity contribution in [2.45, 2.75) is 19.6 Å². The van der Waals surface area contributed by atoms with Gasteiger partial charge in [0.15, 0.2) is 0 Å². The first-order valence-electron chi connectivity index (χ1n) is 2.62. The Morgan fingerprint density at radius 1 is 1.00 bits per heavy atom. The van der Waals surface area contributed by atoms with Gasteiger partial charge in [0.2, 0.25) is 0 Å². The van der Waals surface area contributed by atoms with E-state index in [0.29, 0.717) is 0 Å². The van der Waals surface area contributed by atoms with Crippen LogP contribution in [0.1, 0.15) is 13.8 Å². The Morgan fingerprint density at radius 3 is 1.00 bits per heavy atom. The first kappa shape index (κ1) is 15.8. The van der Waals surface area contributed by atoms with Gasteiger partial charge in [-0.3, -0.25) is 0 Å². The monoisotopic (exact) mass is 134 g/mol. The van der Waals surface area contributed by atoms with Crippen LogP contribution in [0.25, 0.3) is 0 Å². The highest BCUT2D eigenvalue weighted by Crippen LogP contribution is 1.30. The highest BCUT2D eigenvalue weighted by atomic mass is 27.0. The van der Waals surface area contributed by atoms with Crippen LogP contribution in [0.5, 0.6) is 0 Å². The molecule has 0 fully saturated rings. The van der Waals surface area contributed by atoms with E-state index in [2.05, 4.69) is 16.3 Å². The summed E-state index contributed by atoms with van der Waals surface area (Å²) < 4.78 is 0. The SMILES string of the molecule is CCO.CCO.[CH3][Al]. The van der Waals surface area contributed by atoms with Crippen molar-refractivity contribution in [2.24, 2.45) is 0 Å². The summed E-state index contributed by atoms with van der Waals surface area (Å²) in [5.74, 6) is 1.92. The van der Waals surface area contributed by atoms with Gasteiger partial charge in [-0.2, -0.15) is 0 Å². The van der Waals surface area contributed by atoms with Crippen LogP contribution in [0.3, 0.4) is 0 Å². The second-order valence-corrected chi connectivity index (χ2v) is 0.632. The molecule has 0 saturated heterocycles. The topological polar surface area (TPSA) is 40.5 Å². The zero-order valence-corrected chi connectivity index (χ0v) is 7.04. The van der Waals surface area contributed by atoms with Crippen LogP contribution in [-0.4, -0.2) is 39.7 Å².